The SMILES string of the molecule is COCCN(C(=O)c1cccc(C)c1C)C(C)C(N)=O. The molecule has 0 bridgehead atoms. The van der Waals surface area contributed by atoms with Gasteiger partial charge in [0.05, 0.1) is 6.61 Å². The van der Waals surface area contributed by atoms with Gasteiger partial charge in [0.25, 0.3) is 5.91 Å². The summed E-state index contributed by atoms with van der Waals surface area (Å²) < 4.78 is 5.00. The van der Waals surface area contributed by atoms with Crippen LogP contribution in [0.3, 0.4) is 0 Å². The Labute approximate surface area is 119 Å². The van der Waals surface area contributed by atoms with Crippen LogP contribution in [-0.4, -0.2) is 43.0 Å². The molecule has 0 aliphatic heterocycles. The van der Waals surface area contributed by atoms with Crippen molar-refractivity contribution in [3.8, 4) is 0 Å². The van der Waals surface area contributed by atoms with Gasteiger partial charge in [-0.05, 0) is 38.0 Å². The first-order valence-corrected chi connectivity index (χ1v) is 6.55. The Morgan fingerprint density at radius 2 is 2.00 bits per heavy atom. The number of carbonyl (C=O) groups excluding carboxylic acids is 2. The molecule has 2 amide bonds. The van der Waals surface area contributed by atoms with E-state index in [0.717, 1.165) is 11.1 Å². The van der Waals surface area contributed by atoms with E-state index in [1.807, 2.05) is 26.0 Å². The monoisotopic (exact) mass is 278 g/mol. The van der Waals surface area contributed by atoms with E-state index in [1.54, 1.807) is 20.1 Å². The van der Waals surface area contributed by atoms with Crippen LogP contribution in [0.25, 0.3) is 0 Å². The predicted molar refractivity (Wildman–Crippen MR) is 77.5 cm³/mol. The summed E-state index contributed by atoms with van der Waals surface area (Å²) in [7, 11) is 1.55. The minimum Gasteiger partial charge on any atom is -0.383 e. The summed E-state index contributed by atoms with van der Waals surface area (Å²) in [5, 5.41) is 0. The summed E-state index contributed by atoms with van der Waals surface area (Å²) in [6.07, 6.45) is 0. The summed E-state index contributed by atoms with van der Waals surface area (Å²) in [5.74, 6) is -0.727. The molecule has 0 aliphatic carbocycles. The third-order valence-corrected chi connectivity index (χ3v) is 3.51. The molecule has 2 N–H and O–H groups in total. The Hall–Kier alpha value is -1.88. The molecule has 110 valence electrons. The zero-order chi connectivity index (χ0) is 15.3. The van der Waals surface area contributed by atoms with Gasteiger partial charge >= 0.3 is 0 Å². The van der Waals surface area contributed by atoms with Crippen LogP contribution in [-0.2, 0) is 9.53 Å². The van der Waals surface area contributed by atoms with Crippen molar-refractivity contribution in [2.75, 3.05) is 20.3 Å². The van der Waals surface area contributed by atoms with Crippen LogP contribution in [0.15, 0.2) is 18.2 Å². The molecule has 0 heterocycles. The van der Waals surface area contributed by atoms with E-state index in [0.29, 0.717) is 18.7 Å². The van der Waals surface area contributed by atoms with Crippen molar-refractivity contribution in [2.45, 2.75) is 26.8 Å². The van der Waals surface area contributed by atoms with Crippen LogP contribution >= 0.6 is 0 Å². The van der Waals surface area contributed by atoms with E-state index in [4.69, 9.17) is 10.5 Å². The molecule has 5 heteroatoms. The Kier molecular flexibility index (Phi) is 5.70. The molecule has 20 heavy (non-hydrogen) atoms. The first-order chi connectivity index (χ1) is 9.40. The fraction of sp³-hybridized carbons (Fsp3) is 0.467. The third-order valence-electron chi connectivity index (χ3n) is 3.51. The molecule has 1 atom stereocenters. The van der Waals surface area contributed by atoms with Crippen LogP contribution < -0.4 is 5.73 Å². The topological polar surface area (TPSA) is 72.6 Å². The lowest BCUT2D eigenvalue weighted by atomic mass is 10.0. The minimum atomic E-state index is -0.669. The van der Waals surface area contributed by atoms with Gasteiger partial charge in [0, 0.05) is 19.2 Å². The molecule has 1 aromatic rings. The van der Waals surface area contributed by atoms with E-state index in [1.165, 1.54) is 4.90 Å². The number of aryl methyl sites for hydroxylation is 1. The van der Waals surface area contributed by atoms with Crippen molar-refractivity contribution in [1.82, 2.24) is 4.90 Å². The lowest BCUT2D eigenvalue weighted by Crippen LogP contribution is -2.47. The van der Waals surface area contributed by atoms with Gasteiger partial charge in [0.2, 0.25) is 5.91 Å². The number of rotatable bonds is 6. The van der Waals surface area contributed by atoms with Crippen molar-refractivity contribution in [2.24, 2.45) is 5.73 Å². The maximum atomic E-state index is 12.6. The lowest BCUT2D eigenvalue weighted by Gasteiger charge is -2.27. The summed E-state index contributed by atoms with van der Waals surface area (Å²) in [5.41, 5.74) is 7.86. The number of nitrogens with two attached hydrogens (primary N) is 1. The van der Waals surface area contributed by atoms with Gasteiger partial charge in [-0.15, -0.1) is 0 Å². The summed E-state index contributed by atoms with van der Waals surface area (Å²) >= 11 is 0. The normalized spacial score (nSPS) is 12.0. The van der Waals surface area contributed by atoms with Gasteiger partial charge in [-0.3, -0.25) is 9.59 Å². The Morgan fingerprint density at radius 3 is 2.55 bits per heavy atom. The second kappa shape index (κ2) is 7.05. The quantitative estimate of drug-likeness (QED) is 0.851. The number of hydrogen-bond donors (Lipinski definition) is 1. The first-order valence-electron chi connectivity index (χ1n) is 6.55. The van der Waals surface area contributed by atoms with Crippen LogP contribution in [0.1, 0.15) is 28.4 Å². The summed E-state index contributed by atoms with van der Waals surface area (Å²) in [4.78, 5) is 25.5. The maximum absolute atomic E-state index is 12.6. The molecule has 1 rings (SSSR count). The number of carbonyl (C=O) groups is 2. The molecule has 0 spiro atoms. The molecule has 0 radical (unpaired) electrons. The van der Waals surface area contributed by atoms with Gasteiger partial charge in [0.15, 0.2) is 0 Å². The molecule has 0 aliphatic rings. The molecule has 0 saturated carbocycles. The lowest BCUT2D eigenvalue weighted by molar-refractivity contribution is -0.122. The average Bonchev–Trinajstić information content (AvgIpc) is 2.41. The van der Waals surface area contributed by atoms with E-state index < -0.39 is 11.9 Å². The highest BCUT2D eigenvalue weighted by Crippen LogP contribution is 2.16. The van der Waals surface area contributed by atoms with Crippen molar-refractivity contribution < 1.29 is 14.3 Å². The van der Waals surface area contributed by atoms with E-state index in [-0.39, 0.29) is 5.91 Å². The second-order valence-corrected chi connectivity index (χ2v) is 4.82. The summed E-state index contributed by atoms with van der Waals surface area (Å²) in [6.45, 7) is 6.15. The molecule has 0 fully saturated rings. The smallest absolute Gasteiger partial charge is 0.254 e. The van der Waals surface area contributed by atoms with Crippen molar-refractivity contribution in [3.63, 3.8) is 0 Å². The second-order valence-electron chi connectivity index (χ2n) is 4.82. The van der Waals surface area contributed by atoms with Crippen molar-refractivity contribution in [1.29, 1.82) is 0 Å². The van der Waals surface area contributed by atoms with Crippen LogP contribution in [0, 0.1) is 13.8 Å². The average molecular weight is 278 g/mol. The van der Waals surface area contributed by atoms with Crippen LogP contribution in [0.4, 0.5) is 0 Å². The highest BCUT2D eigenvalue weighted by atomic mass is 16.5. The maximum Gasteiger partial charge on any atom is 0.254 e. The van der Waals surface area contributed by atoms with Crippen LogP contribution in [0.2, 0.25) is 0 Å². The third kappa shape index (κ3) is 3.57. The van der Waals surface area contributed by atoms with E-state index in [2.05, 4.69) is 0 Å². The number of methoxy groups -OCH3 is 1. The molecule has 1 aromatic carbocycles. The van der Waals surface area contributed by atoms with Crippen molar-refractivity contribution in [3.05, 3.63) is 34.9 Å². The highest BCUT2D eigenvalue weighted by Gasteiger charge is 2.26. The fourth-order valence-electron chi connectivity index (χ4n) is 1.95. The Balaban J connectivity index is 3.09. The molecule has 0 aromatic heterocycles. The standard InChI is InChI=1S/C15H22N2O3/c1-10-6-5-7-13(11(10)2)15(19)17(8-9-20-4)12(3)14(16)18/h5-7,12H,8-9H2,1-4H3,(H2,16,18). The van der Waals surface area contributed by atoms with E-state index >= 15 is 0 Å². The van der Waals surface area contributed by atoms with Crippen molar-refractivity contribution >= 4 is 11.8 Å². The van der Waals surface area contributed by atoms with Gasteiger partial charge in [-0.25, -0.2) is 0 Å². The Morgan fingerprint density at radius 1 is 1.35 bits per heavy atom. The number of primary amides is 1. The number of amides is 2. The van der Waals surface area contributed by atoms with Crippen LogP contribution in [0.5, 0.6) is 0 Å². The highest BCUT2D eigenvalue weighted by molar-refractivity contribution is 5.98. The Bertz CT molecular complexity index is 500. The first kappa shape index (κ1) is 16.2. The molecule has 1 unspecified atom stereocenters. The number of benzene rings is 1. The zero-order valence-electron chi connectivity index (χ0n) is 12.5. The summed E-state index contributed by atoms with van der Waals surface area (Å²) in [6, 6.07) is 4.87. The predicted octanol–water partition coefficient (Wildman–Crippen LogP) is 1.27. The minimum absolute atomic E-state index is 0.199. The van der Waals surface area contributed by atoms with Gasteiger partial charge in [-0.2, -0.15) is 0 Å². The number of ether oxygens (including phenoxy) is 1. The zero-order valence-corrected chi connectivity index (χ0v) is 12.5. The molecule has 5 nitrogen and oxygen atoms in total. The largest absolute Gasteiger partial charge is 0.383 e. The number of nitrogens with zero attached hydrogens (tertiary/aromatic N) is 1. The molecular formula is C15H22N2O3. The molecule has 0 saturated heterocycles. The number of hydrogen-bond acceptors (Lipinski definition) is 3. The fourth-order valence-corrected chi connectivity index (χ4v) is 1.95. The van der Waals surface area contributed by atoms with Gasteiger partial charge in [0.1, 0.15) is 6.04 Å². The van der Waals surface area contributed by atoms with E-state index in [9.17, 15) is 9.59 Å². The molecular weight excluding hydrogens is 256 g/mol. The van der Waals surface area contributed by atoms with Gasteiger partial charge < -0.3 is 15.4 Å². The van der Waals surface area contributed by atoms with Gasteiger partial charge in [-0.1, -0.05) is 12.1 Å².